The normalized spacial score (nSPS) is 11.7. The maximum absolute atomic E-state index is 12.5. The molecule has 0 bridgehead atoms. The van der Waals surface area contributed by atoms with Crippen molar-refractivity contribution in [2.75, 3.05) is 0 Å². The number of hydrogen-bond donors (Lipinski definition) is 1. The first-order valence-electron chi connectivity index (χ1n) is 5.80. The molecule has 0 aliphatic carbocycles. The monoisotopic (exact) mass is 319 g/mol. The van der Waals surface area contributed by atoms with Crippen LogP contribution in [0.3, 0.4) is 0 Å². The van der Waals surface area contributed by atoms with Crippen LogP contribution in [0.2, 0.25) is 5.15 Å². The van der Waals surface area contributed by atoms with Gasteiger partial charge in [-0.05, 0) is 18.6 Å². The predicted molar refractivity (Wildman–Crippen MR) is 67.7 cm³/mol. The molecule has 2 aromatic rings. The standard InChI is InChI=1S/C12H9ClF3N3O2/c1-2-7-9(11(20)21)10(13)19(18-7)8-4-3-6(5-17-8)12(14,15)16/h3-5H,2H2,1H3,(H,20,21). The number of carboxylic acid groups (broad SMARTS) is 1. The molecule has 2 heterocycles. The fourth-order valence-electron chi connectivity index (χ4n) is 1.73. The van der Waals surface area contributed by atoms with Crippen molar-refractivity contribution < 1.29 is 23.1 Å². The van der Waals surface area contributed by atoms with Gasteiger partial charge in [-0.2, -0.15) is 18.3 Å². The van der Waals surface area contributed by atoms with Crippen LogP contribution in [-0.4, -0.2) is 25.8 Å². The number of aryl methyl sites for hydroxylation is 1. The molecule has 0 unspecified atom stereocenters. The number of halogens is 4. The molecule has 5 nitrogen and oxygen atoms in total. The minimum absolute atomic E-state index is 0.00944. The Morgan fingerprint density at radius 3 is 2.48 bits per heavy atom. The van der Waals surface area contributed by atoms with E-state index in [-0.39, 0.29) is 22.2 Å². The lowest BCUT2D eigenvalue weighted by Gasteiger charge is -2.07. The molecule has 2 rings (SSSR count). The largest absolute Gasteiger partial charge is 0.478 e. The SMILES string of the molecule is CCc1nn(-c2ccc(C(F)(F)F)cn2)c(Cl)c1C(=O)O. The van der Waals surface area contributed by atoms with Crippen LogP contribution in [0.15, 0.2) is 18.3 Å². The van der Waals surface area contributed by atoms with Crippen LogP contribution < -0.4 is 0 Å². The van der Waals surface area contributed by atoms with Gasteiger partial charge in [0.2, 0.25) is 0 Å². The zero-order chi connectivity index (χ0) is 15.8. The summed E-state index contributed by atoms with van der Waals surface area (Å²) in [6, 6.07) is 1.90. The van der Waals surface area contributed by atoms with E-state index >= 15 is 0 Å². The lowest BCUT2D eigenvalue weighted by molar-refractivity contribution is -0.137. The van der Waals surface area contributed by atoms with Gasteiger partial charge in [-0.15, -0.1) is 0 Å². The number of carbonyl (C=O) groups is 1. The van der Waals surface area contributed by atoms with Crippen LogP contribution in [0, 0.1) is 0 Å². The Balaban J connectivity index is 2.50. The second-order valence-electron chi connectivity index (χ2n) is 4.09. The topological polar surface area (TPSA) is 68.0 Å². The zero-order valence-corrected chi connectivity index (χ0v) is 11.4. The Hall–Kier alpha value is -2.09. The minimum atomic E-state index is -4.50. The highest BCUT2D eigenvalue weighted by molar-refractivity contribution is 6.32. The second kappa shape index (κ2) is 5.36. The van der Waals surface area contributed by atoms with Crippen molar-refractivity contribution in [2.45, 2.75) is 19.5 Å². The number of pyridine rings is 1. The summed E-state index contributed by atoms with van der Waals surface area (Å²) >= 11 is 5.92. The van der Waals surface area contributed by atoms with Gasteiger partial charge in [-0.1, -0.05) is 18.5 Å². The number of carboxylic acids is 1. The number of aromatic carboxylic acids is 1. The summed E-state index contributed by atoms with van der Waals surface area (Å²) < 4.78 is 38.4. The van der Waals surface area contributed by atoms with Crippen molar-refractivity contribution >= 4 is 17.6 Å². The molecule has 0 saturated carbocycles. The van der Waals surface area contributed by atoms with Gasteiger partial charge in [-0.25, -0.2) is 14.5 Å². The van der Waals surface area contributed by atoms with Gasteiger partial charge < -0.3 is 5.11 Å². The smallest absolute Gasteiger partial charge is 0.417 e. The van der Waals surface area contributed by atoms with E-state index in [9.17, 15) is 18.0 Å². The van der Waals surface area contributed by atoms with E-state index in [4.69, 9.17) is 16.7 Å². The highest BCUT2D eigenvalue weighted by Crippen LogP contribution is 2.29. The molecule has 21 heavy (non-hydrogen) atoms. The zero-order valence-electron chi connectivity index (χ0n) is 10.6. The average molecular weight is 320 g/mol. The fraction of sp³-hybridized carbons (Fsp3) is 0.250. The van der Waals surface area contributed by atoms with Crippen LogP contribution >= 0.6 is 11.6 Å². The molecular formula is C12H9ClF3N3O2. The maximum atomic E-state index is 12.5. The molecule has 0 fully saturated rings. The first-order valence-corrected chi connectivity index (χ1v) is 6.17. The van der Waals surface area contributed by atoms with E-state index in [1.807, 2.05) is 0 Å². The molecule has 0 aliphatic rings. The Bertz CT molecular complexity index is 680. The molecule has 9 heteroatoms. The highest BCUT2D eigenvalue weighted by atomic mass is 35.5. The number of aromatic nitrogens is 3. The van der Waals surface area contributed by atoms with E-state index in [2.05, 4.69) is 10.1 Å². The molecule has 112 valence electrons. The molecule has 1 N–H and O–H groups in total. The van der Waals surface area contributed by atoms with Gasteiger partial charge in [0.05, 0.1) is 11.3 Å². The Kier molecular flexibility index (Phi) is 3.91. The van der Waals surface area contributed by atoms with Gasteiger partial charge in [-0.3, -0.25) is 0 Å². The number of nitrogens with zero attached hydrogens (tertiary/aromatic N) is 3. The van der Waals surface area contributed by atoms with Gasteiger partial charge >= 0.3 is 12.1 Å². The first-order chi connectivity index (χ1) is 9.75. The van der Waals surface area contributed by atoms with Gasteiger partial charge in [0, 0.05) is 6.20 Å². The van der Waals surface area contributed by atoms with E-state index in [0.717, 1.165) is 16.8 Å². The summed E-state index contributed by atoms with van der Waals surface area (Å²) in [6.07, 6.45) is -3.55. The lowest BCUT2D eigenvalue weighted by atomic mass is 10.2. The van der Waals surface area contributed by atoms with Crippen molar-refractivity contribution in [3.63, 3.8) is 0 Å². The van der Waals surface area contributed by atoms with Gasteiger partial charge in [0.25, 0.3) is 0 Å². The Labute approximate surface area is 122 Å². The second-order valence-corrected chi connectivity index (χ2v) is 4.44. The van der Waals surface area contributed by atoms with Crippen molar-refractivity contribution in [3.05, 3.63) is 40.3 Å². The summed E-state index contributed by atoms with van der Waals surface area (Å²) in [4.78, 5) is 14.8. The van der Waals surface area contributed by atoms with Crippen LogP contribution in [0.25, 0.3) is 5.82 Å². The van der Waals surface area contributed by atoms with Crippen LogP contribution in [0.5, 0.6) is 0 Å². The first kappa shape index (κ1) is 15.3. The summed E-state index contributed by atoms with van der Waals surface area (Å²) in [6.45, 7) is 1.69. The van der Waals surface area contributed by atoms with Crippen molar-refractivity contribution in [1.82, 2.24) is 14.8 Å². The van der Waals surface area contributed by atoms with E-state index in [1.165, 1.54) is 0 Å². The molecule has 0 atom stereocenters. The molecule has 0 amide bonds. The molecule has 0 spiro atoms. The van der Waals surface area contributed by atoms with Crippen LogP contribution in [0.4, 0.5) is 13.2 Å². The Morgan fingerprint density at radius 2 is 2.10 bits per heavy atom. The summed E-state index contributed by atoms with van der Waals surface area (Å²) in [5.41, 5.74) is -0.862. The van der Waals surface area contributed by atoms with E-state index < -0.39 is 17.7 Å². The highest BCUT2D eigenvalue weighted by Gasteiger charge is 2.31. The lowest BCUT2D eigenvalue weighted by Crippen LogP contribution is -2.07. The van der Waals surface area contributed by atoms with Crippen LogP contribution in [-0.2, 0) is 12.6 Å². The summed E-state index contributed by atoms with van der Waals surface area (Å²) in [5.74, 6) is -1.25. The van der Waals surface area contributed by atoms with Crippen molar-refractivity contribution in [3.8, 4) is 5.82 Å². The minimum Gasteiger partial charge on any atom is -0.478 e. The fourth-order valence-corrected chi connectivity index (χ4v) is 2.04. The third-order valence-electron chi connectivity index (χ3n) is 2.74. The summed E-state index contributed by atoms with van der Waals surface area (Å²) in [5, 5.41) is 12.9. The quantitative estimate of drug-likeness (QED) is 0.943. The average Bonchev–Trinajstić information content (AvgIpc) is 2.75. The predicted octanol–water partition coefficient (Wildman–Crippen LogP) is 3.20. The number of rotatable bonds is 3. The number of hydrogen-bond acceptors (Lipinski definition) is 3. The molecule has 2 aromatic heterocycles. The van der Waals surface area contributed by atoms with Gasteiger partial charge in [0.1, 0.15) is 10.7 Å². The van der Waals surface area contributed by atoms with Crippen molar-refractivity contribution in [2.24, 2.45) is 0 Å². The maximum Gasteiger partial charge on any atom is 0.417 e. The third kappa shape index (κ3) is 2.85. The molecular weight excluding hydrogens is 311 g/mol. The van der Waals surface area contributed by atoms with E-state index in [1.54, 1.807) is 6.92 Å². The van der Waals surface area contributed by atoms with Crippen LogP contribution in [0.1, 0.15) is 28.5 Å². The summed E-state index contributed by atoms with van der Waals surface area (Å²) in [7, 11) is 0. The molecule has 0 aromatic carbocycles. The third-order valence-corrected chi connectivity index (χ3v) is 3.09. The Morgan fingerprint density at radius 1 is 1.43 bits per heavy atom. The molecule has 0 aliphatic heterocycles. The molecule has 0 saturated heterocycles. The van der Waals surface area contributed by atoms with Gasteiger partial charge in [0.15, 0.2) is 5.82 Å². The van der Waals surface area contributed by atoms with E-state index in [0.29, 0.717) is 12.6 Å². The number of alkyl halides is 3. The molecule has 0 radical (unpaired) electrons. The van der Waals surface area contributed by atoms with Crippen molar-refractivity contribution in [1.29, 1.82) is 0 Å².